The van der Waals surface area contributed by atoms with E-state index < -0.39 is 35.8 Å². The summed E-state index contributed by atoms with van der Waals surface area (Å²) in [5.74, 6) is -2.96. The minimum absolute atomic E-state index is 0.0363. The lowest BCUT2D eigenvalue weighted by molar-refractivity contribution is -0.274. The Labute approximate surface area is 274 Å². The maximum atomic E-state index is 13.5. The molecule has 0 saturated carbocycles. The van der Waals surface area contributed by atoms with E-state index in [1.807, 2.05) is 7.05 Å². The molecular weight excluding hydrogens is 635 g/mol. The smallest absolute Gasteiger partial charge is 0.465 e. The average molecular weight is 670 g/mol. The Morgan fingerprint density at radius 1 is 1.06 bits per heavy atom. The Bertz CT molecular complexity index is 1680. The van der Waals surface area contributed by atoms with Gasteiger partial charge in [-0.3, -0.25) is 24.1 Å². The summed E-state index contributed by atoms with van der Waals surface area (Å²) in [5.41, 5.74) is 0.517. The number of hydrogen-bond acceptors (Lipinski definition) is 11. The number of ether oxygens (including phenoxy) is 2. The molecule has 3 amide bonds. The molecule has 0 bridgehead atoms. The highest BCUT2D eigenvalue weighted by Gasteiger charge is 2.36. The van der Waals surface area contributed by atoms with Crippen LogP contribution in [0.5, 0.6) is 5.75 Å². The second kappa shape index (κ2) is 14.3. The zero-order chi connectivity index (χ0) is 34.6. The van der Waals surface area contributed by atoms with Crippen molar-refractivity contribution in [2.75, 3.05) is 50.6 Å². The molecule has 1 saturated heterocycles. The lowest BCUT2D eigenvalue weighted by atomic mass is 10.0. The van der Waals surface area contributed by atoms with Crippen molar-refractivity contribution >= 4 is 41.1 Å². The molecule has 2 aliphatic rings. The van der Waals surface area contributed by atoms with E-state index in [1.54, 1.807) is 19.1 Å². The minimum Gasteiger partial charge on any atom is -0.465 e. The minimum atomic E-state index is -5.08. The van der Waals surface area contributed by atoms with E-state index in [-0.39, 0.29) is 65.4 Å². The Balaban J connectivity index is 1.43. The van der Waals surface area contributed by atoms with Crippen LogP contribution in [-0.2, 0) is 16.1 Å². The number of amides is 3. The third-order valence-electron chi connectivity index (χ3n) is 7.85. The van der Waals surface area contributed by atoms with E-state index in [0.29, 0.717) is 12.8 Å². The van der Waals surface area contributed by atoms with Gasteiger partial charge in [-0.1, -0.05) is 12.1 Å². The van der Waals surface area contributed by atoms with Gasteiger partial charge < -0.3 is 29.9 Å². The molecule has 0 unspecified atom stereocenters. The summed E-state index contributed by atoms with van der Waals surface area (Å²) >= 11 is 0. The van der Waals surface area contributed by atoms with Crippen molar-refractivity contribution < 1.29 is 41.8 Å². The number of piperidine rings is 1. The number of halogens is 3. The molecule has 2 N–H and O–H groups in total. The summed E-state index contributed by atoms with van der Waals surface area (Å²) in [6.45, 7) is 2.80. The third-order valence-corrected chi connectivity index (χ3v) is 7.85. The molecule has 13 nitrogen and oxygen atoms in total. The van der Waals surface area contributed by atoms with Gasteiger partial charge in [0, 0.05) is 30.4 Å². The average Bonchev–Trinajstić information content (AvgIpc) is 3.27. The molecule has 0 atom stereocenters. The van der Waals surface area contributed by atoms with Crippen molar-refractivity contribution in [2.24, 2.45) is 0 Å². The number of aromatic nitrogens is 2. The monoisotopic (exact) mass is 669 g/mol. The van der Waals surface area contributed by atoms with Crippen LogP contribution in [0.15, 0.2) is 48.7 Å². The van der Waals surface area contributed by atoms with Crippen LogP contribution in [-0.4, -0.2) is 96.2 Å². The van der Waals surface area contributed by atoms with E-state index in [4.69, 9.17) is 4.74 Å². The Hall–Kier alpha value is -5.25. The van der Waals surface area contributed by atoms with Gasteiger partial charge in [0.2, 0.25) is 5.95 Å². The number of hydrogen-bond donors (Lipinski definition) is 2. The van der Waals surface area contributed by atoms with Crippen LogP contribution < -0.4 is 20.3 Å². The predicted octanol–water partition coefficient (Wildman–Crippen LogP) is 3.74. The summed E-state index contributed by atoms with van der Waals surface area (Å²) in [6.07, 6.45) is -2.37. The van der Waals surface area contributed by atoms with E-state index in [9.17, 15) is 32.3 Å². The molecule has 2 aliphatic heterocycles. The normalized spacial score (nSPS) is 15.2. The standard InChI is InChI=1S/C32H34F3N7O6/c1-4-47-26(43)18-41(3)27-20(17-42-29(45)22-7-5-6-8-23(22)30(42)46)16-36-31(39-27)38-24-10-9-19(15-25(24)48-32(33,34)35)28(44)37-21-11-13-40(2)14-12-21/h5-10,15-16,21H,4,11-14,17-18H2,1-3H3,(H,37,44)(H,36,38,39). The lowest BCUT2D eigenvalue weighted by Crippen LogP contribution is -2.43. The number of nitrogens with one attached hydrogen (secondary N) is 2. The number of imide groups is 1. The summed E-state index contributed by atoms with van der Waals surface area (Å²) in [4.78, 5) is 64.5. The zero-order valence-corrected chi connectivity index (χ0v) is 26.5. The first kappa shape index (κ1) is 34.1. The van der Waals surface area contributed by atoms with Crippen LogP contribution in [0.25, 0.3) is 0 Å². The number of likely N-dealkylation sites (N-methyl/N-ethyl adjacent to an activating group) is 1. The van der Waals surface area contributed by atoms with Crippen molar-refractivity contribution in [3.05, 3.63) is 70.9 Å². The Morgan fingerprint density at radius 2 is 1.73 bits per heavy atom. The molecule has 48 heavy (non-hydrogen) atoms. The van der Waals surface area contributed by atoms with Crippen LogP contribution in [0.4, 0.5) is 30.6 Å². The molecule has 254 valence electrons. The van der Waals surface area contributed by atoms with Gasteiger partial charge in [0.25, 0.3) is 17.7 Å². The van der Waals surface area contributed by atoms with E-state index in [2.05, 4.69) is 30.2 Å². The number of rotatable bonds is 11. The molecule has 2 aromatic carbocycles. The van der Waals surface area contributed by atoms with Gasteiger partial charge in [-0.2, -0.15) is 4.98 Å². The van der Waals surface area contributed by atoms with Gasteiger partial charge in [-0.15, -0.1) is 13.2 Å². The molecule has 3 aromatic rings. The molecular formula is C32H34F3N7O6. The molecule has 16 heteroatoms. The first-order valence-corrected chi connectivity index (χ1v) is 15.2. The molecule has 1 aromatic heterocycles. The van der Waals surface area contributed by atoms with Crippen molar-refractivity contribution in [3.63, 3.8) is 0 Å². The maximum absolute atomic E-state index is 13.5. The van der Waals surface area contributed by atoms with Gasteiger partial charge in [-0.25, -0.2) is 4.98 Å². The second-order valence-electron chi connectivity index (χ2n) is 11.4. The highest BCUT2D eigenvalue weighted by molar-refractivity contribution is 6.21. The lowest BCUT2D eigenvalue weighted by Gasteiger charge is -2.29. The van der Waals surface area contributed by atoms with Crippen LogP contribution in [0.3, 0.4) is 0 Å². The molecule has 3 heterocycles. The van der Waals surface area contributed by atoms with Crippen molar-refractivity contribution in [2.45, 2.75) is 38.7 Å². The summed E-state index contributed by atoms with van der Waals surface area (Å²) in [7, 11) is 3.49. The van der Waals surface area contributed by atoms with Gasteiger partial charge >= 0.3 is 12.3 Å². The third kappa shape index (κ3) is 7.99. The first-order valence-electron chi connectivity index (χ1n) is 15.2. The van der Waals surface area contributed by atoms with E-state index >= 15 is 0 Å². The number of likely N-dealkylation sites (tertiary alicyclic amines) is 1. The number of alkyl halides is 3. The number of benzene rings is 2. The highest BCUT2D eigenvalue weighted by Crippen LogP contribution is 2.34. The predicted molar refractivity (Wildman–Crippen MR) is 167 cm³/mol. The van der Waals surface area contributed by atoms with Crippen molar-refractivity contribution in [1.29, 1.82) is 0 Å². The summed E-state index contributed by atoms with van der Waals surface area (Å²) < 4.78 is 49.7. The second-order valence-corrected chi connectivity index (χ2v) is 11.4. The van der Waals surface area contributed by atoms with Crippen LogP contribution in [0, 0.1) is 0 Å². The number of carbonyl (C=O) groups excluding carboxylic acids is 4. The zero-order valence-electron chi connectivity index (χ0n) is 26.5. The number of carbonyl (C=O) groups is 4. The maximum Gasteiger partial charge on any atom is 0.573 e. The topological polar surface area (TPSA) is 146 Å². The SMILES string of the molecule is CCOC(=O)CN(C)c1nc(Nc2ccc(C(=O)NC3CCN(C)CC3)cc2OC(F)(F)F)ncc1CN1C(=O)c2ccccc2C1=O. The Morgan fingerprint density at radius 3 is 2.35 bits per heavy atom. The molecule has 5 rings (SSSR count). The number of nitrogens with zero attached hydrogens (tertiary/aromatic N) is 5. The van der Waals surface area contributed by atoms with E-state index in [0.717, 1.165) is 24.1 Å². The number of anilines is 3. The number of esters is 1. The highest BCUT2D eigenvalue weighted by atomic mass is 19.4. The van der Waals surface area contributed by atoms with Gasteiger partial charge in [0.1, 0.15) is 12.4 Å². The first-order chi connectivity index (χ1) is 22.8. The molecule has 0 spiro atoms. The fourth-order valence-corrected chi connectivity index (χ4v) is 5.45. The van der Waals surface area contributed by atoms with E-state index in [1.165, 1.54) is 42.4 Å². The van der Waals surface area contributed by atoms with Gasteiger partial charge in [0.15, 0.2) is 5.75 Å². The van der Waals surface area contributed by atoms with Gasteiger partial charge in [-0.05, 0) is 70.2 Å². The Kier molecular flexibility index (Phi) is 10.1. The largest absolute Gasteiger partial charge is 0.573 e. The summed E-state index contributed by atoms with van der Waals surface area (Å²) in [6, 6.07) is 9.81. The number of fused-ring (bicyclic) bond motifs is 1. The molecule has 1 fully saturated rings. The van der Waals surface area contributed by atoms with Crippen molar-refractivity contribution in [3.8, 4) is 5.75 Å². The summed E-state index contributed by atoms with van der Waals surface area (Å²) in [5, 5.41) is 5.56. The fraction of sp³-hybridized carbons (Fsp3) is 0.375. The van der Waals surface area contributed by atoms with Crippen molar-refractivity contribution in [1.82, 2.24) is 25.1 Å². The quantitative estimate of drug-likeness (QED) is 0.228. The van der Waals surface area contributed by atoms with Crippen LogP contribution in [0.2, 0.25) is 0 Å². The van der Waals surface area contributed by atoms with Crippen LogP contribution in [0.1, 0.15) is 56.4 Å². The fourth-order valence-electron chi connectivity index (χ4n) is 5.45. The van der Waals surface area contributed by atoms with Crippen LogP contribution >= 0.6 is 0 Å². The molecule has 0 aliphatic carbocycles. The van der Waals surface area contributed by atoms with Gasteiger partial charge in [0.05, 0.1) is 30.0 Å². The molecule has 0 radical (unpaired) electrons.